The van der Waals surface area contributed by atoms with Gasteiger partial charge in [0.2, 0.25) is 5.78 Å². The maximum Gasteiger partial charge on any atom is 0.410 e. The first-order valence-electron chi connectivity index (χ1n) is 11.8. The first kappa shape index (κ1) is 27.4. The first-order valence-corrected chi connectivity index (χ1v) is 13.6. The fourth-order valence-corrected chi connectivity index (χ4v) is 5.57. The van der Waals surface area contributed by atoms with Crippen LogP contribution in [0, 0.1) is 11.7 Å². The average Bonchev–Trinajstić information content (AvgIpc) is 3.71. The number of halogens is 3. The lowest BCUT2D eigenvalue weighted by Gasteiger charge is -2.25. The van der Waals surface area contributed by atoms with E-state index in [9.17, 15) is 31.2 Å². The van der Waals surface area contributed by atoms with Crippen LogP contribution in [0.3, 0.4) is 0 Å². The molecule has 3 N–H and O–H groups in total. The van der Waals surface area contributed by atoms with Crippen LogP contribution in [0.25, 0.3) is 0 Å². The molecule has 2 atom stereocenters. The zero-order valence-electron chi connectivity index (χ0n) is 19.6. The number of amides is 1. The highest BCUT2D eigenvalue weighted by Gasteiger charge is 2.35. The summed E-state index contributed by atoms with van der Waals surface area (Å²) in [7, 11) is -3.54. The van der Waals surface area contributed by atoms with Crippen LogP contribution in [0.15, 0.2) is 24.3 Å². The van der Waals surface area contributed by atoms with E-state index in [1.807, 2.05) is 0 Å². The maximum absolute atomic E-state index is 14.4. The van der Waals surface area contributed by atoms with E-state index in [0.29, 0.717) is 0 Å². The van der Waals surface area contributed by atoms with Gasteiger partial charge in [-0.1, -0.05) is 6.92 Å². The second kappa shape index (κ2) is 11.7. The lowest BCUT2D eigenvalue weighted by atomic mass is 10.1. The molecule has 1 aromatic rings. The van der Waals surface area contributed by atoms with E-state index in [0.717, 1.165) is 49.9 Å². The minimum absolute atomic E-state index is 0.00859. The van der Waals surface area contributed by atoms with Crippen molar-refractivity contribution in [2.24, 2.45) is 5.92 Å². The Morgan fingerprint density at radius 1 is 1.11 bits per heavy atom. The van der Waals surface area contributed by atoms with Crippen LogP contribution in [-0.2, 0) is 19.4 Å². The van der Waals surface area contributed by atoms with Gasteiger partial charge in [-0.3, -0.25) is 9.59 Å². The molecule has 0 saturated heterocycles. The molecule has 8 nitrogen and oxygen atoms in total. The normalized spacial score (nSPS) is 18.1. The number of ether oxygens (including phenoxy) is 1. The van der Waals surface area contributed by atoms with Crippen LogP contribution in [0.1, 0.15) is 39.0 Å². The van der Waals surface area contributed by atoms with Crippen molar-refractivity contribution in [2.45, 2.75) is 63.3 Å². The first-order chi connectivity index (χ1) is 16.5. The van der Waals surface area contributed by atoms with Gasteiger partial charge in [-0.15, -0.1) is 0 Å². The van der Waals surface area contributed by atoms with Gasteiger partial charge in [0, 0.05) is 18.6 Å². The summed E-state index contributed by atoms with van der Waals surface area (Å²) in [5, 5.41) is 8.01. The number of Topliss-reactive ketones (excluding diaryl/α,β-unsaturated/α-hetero) is 1. The van der Waals surface area contributed by atoms with Crippen molar-refractivity contribution >= 4 is 21.5 Å². The van der Waals surface area contributed by atoms with Crippen molar-refractivity contribution in [3.8, 4) is 5.75 Å². The van der Waals surface area contributed by atoms with E-state index >= 15 is 0 Å². The molecular weight excluding hydrogens is 487 g/mol. The van der Waals surface area contributed by atoms with Crippen LogP contribution in [0.4, 0.5) is 13.2 Å². The number of rotatable bonds is 16. The van der Waals surface area contributed by atoms with E-state index in [2.05, 4.69) is 20.7 Å². The molecule has 0 aliphatic heterocycles. The number of alkyl halides is 2. The van der Waals surface area contributed by atoms with E-state index in [-0.39, 0.29) is 36.4 Å². The number of hydrogen-bond donors (Lipinski definition) is 3. The molecule has 0 radical (unpaired) electrons. The summed E-state index contributed by atoms with van der Waals surface area (Å²) in [4.78, 5) is 24.5. The highest BCUT2D eigenvalue weighted by atomic mass is 32.2. The molecule has 196 valence electrons. The standard InChI is InChI=1S/C23H32F3N3O5S/c1-2-20(21(30)22(31)29-17-7-8-17)27-11-18(13-35(32,33)12-15-3-4-15)28-14-23(25,26)34-19-9-5-16(24)6-10-19/h5-6,9-10,15,17-18,20,27-28H,2-4,7-8,11-14H2,1H3,(H,29,31)/t18-,20+/m1/s1. The van der Waals surface area contributed by atoms with Crippen molar-refractivity contribution in [2.75, 3.05) is 24.6 Å². The van der Waals surface area contributed by atoms with Crippen LogP contribution < -0.4 is 20.7 Å². The Kier molecular flexibility index (Phi) is 9.16. The average molecular weight is 520 g/mol. The Labute approximate surface area is 203 Å². The molecule has 0 aromatic heterocycles. The minimum atomic E-state index is -3.71. The van der Waals surface area contributed by atoms with Gasteiger partial charge in [0.05, 0.1) is 17.5 Å². The zero-order chi connectivity index (χ0) is 25.6. The molecule has 0 bridgehead atoms. The predicted octanol–water partition coefficient (Wildman–Crippen LogP) is 1.80. The summed E-state index contributed by atoms with van der Waals surface area (Å²) >= 11 is 0. The second-order valence-corrected chi connectivity index (χ2v) is 11.4. The summed E-state index contributed by atoms with van der Waals surface area (Å²) in [6, 6.07) is 2.26. The third-order valence-electron chi connectivity index (χ3n) is 5.79. The molecule has 35 heavy (non-hydrogen) atoms. The Morgan fingerprint density at radius 2 is 1.77 bits per heavy atom. The number of carbonyl (C=O) groups excluding carboxylic acids is 2. The summed E-state index contributed by atoms with van der Waals surface area (Å²) in [5.74, 6) is -2.58. The quantitative estimate of drug-likeness (QED) is 0.286. The molecule has 0 unspecified atom stereocenters. The molecule has 3 rings (SSSR count). The number of ketones is 1. The minimum Gasteiger partial charge on any atom is -0.432 e. The largest absolute Gasteiger partial charge is 0.432 e. The number of carbonyl (C=O) groups is 2. The Morgan fingerprint density at radius 3 is 2.34 bits per heavy atom. The van der Waals surface area contributed by atoms with Gasteiger partial charge in [-0.25, -0.2) is 12.8 Å². The number of benzene rings is 1. The fraction of sp³-hybridized carbons (Fsp3) is 0.652. The Hall–Kier alpha value is -2.18. The summed E-state index contributed by atoms with van der Waals surface area (Å²) in [6.07, 6.45) is -0.156. The zero-order valence-corrected chi connectivity index (χ0v) is 20.4. The molecule has 0 heterocycles. The van der Waals surface area contributed by atoms with Crippen LogP contribution in [-0.4, -0.2) is 68.9 Å². The Bertz CT molecular complexity index is 983. The summed E-state index contributed by atoms with van der Waals surface area (Å²) in [6.45, 7) is 0.553. The smallest absolute Gasteiger partial charge is 0.410 e. The van der Waals surface area contributed by atoms with Crippen molar-refractivity contribution in [3.05, 3.63) is 30.1 Å². The van der Waals surface area contributed by atoms with Crippen molar-refractivity contribution in [3.63, 3.8) is 0 Å². The Balaban J connectivity index is 1.60. The molecular formula is C23H32F3N3O5S. The highest BCUT2D eigenvalue weighted by molar-refractivity contribution is 7.91. The molecule has 0 spiro atoms. The number of hydrogen-bond acceptors (Lipinski definition) is 7. The summed E-state index contributed by atoms with van der Waals surface area (Å²) in [5.41, 5.74) is 0. The fourth-order valence-electron chi connectivity index (χ4n) is 3.53. The van der Waals surface area contributed by atoms with E-state index in [4.69, 9.17) is 0 Å². The second-order valence-electron chi connectivity index (χ2n) is 9.27. The van der Waals surface area contributed by atoms with Gasteiger partial charge in [0.15, 0.2) is 9.84 Å². The molecule has 12 heteroatoms. The molecule has 2 fully saturated rings. The third kappa shape index (κ3) is 9.77. The van der Waals surface area contributed by atoms with Crippen molar-refractivity contribution < 1.29 is 35.9 Å². The SMILES string of the molecule is CC[C@H](NC[C@H](CS(=O)(=O)CC1CC1)NCC(F)(F)Oc1ccc(F)cc1)C(=O)C(=O)NC1CC1. The van der Waals surface area contributed by atoms with Crippen LogP contribution >= 0.6 is 0 Å². The summed E-state index contributed by atoms with van der Waals surface area (Å²) < 4.78 is 71.6. The van der Waals surface area contributed by atoms with E-state index in [1.165, 1.54) is 0 Å². The molecule has 2 aliphatic rings. The third-order valence-corrected chi connectivity index (χ3v) is 7.68. The van der Waals surface area contributed by atoms with Gasteiger partial charge in [-0.05, 0) is 62.3 Å². The molecule has 2 saturated carbocycles. The number of nitrogens with one attached hydrogen (secondary N) is 3. The lowest BCUT2D eigenvalue weighted by molar-refractivity contribution is -0.172. The van der Waals surface area contributed by atoms with Gasteiger partial charge in [0.25, 0.3) is 5.91 Å². The van der Waals surface area contributed by atoms with Crippen LogP contribution in [0.5, 0.6) is 5.75 Å². The monoisotopic (exact) mass is 519 g/mol. The van der Waals surface area contributed by atoms with Gasteiger partial charge < -0.3 is 20.7 Å². The maximum atomic E-state index is 14.4. The number of sulfone groups is 1. The van der Waals surface area contributed by atoms with E-state index < -0.39 is 57.8 Å². The topological polar surface area (TPSA) is 114 Å². The highest BCUT2D eigenvalue weighted by Crippen LogP contribution is 2.30. The predicted molar refractivity (Wildman–Crippen MR) is 123 cm³/mol. The molecule has 1 amide bonds. The van der Waals surface area contributed by atoms with E-state index in [1.54, 1.807) is 6.92 Å². The molecule has 2 aliphatic carbocycles. The molecule has 1 aromatic carbocycles. The van der Waals surface area contributed by atoms with Crippen molar-refractivity contribution in [1.82, 2.24) is 16.0 Å². The van der Waals surface area contributed by atoms with Gasteiger partial charge in [-0.2, -0.15) is 8.78 Å². The van der Waals surface area contributed by atoms with Crippen LogP contribution in [0.2, 0.25) is 0 Å². The lowest BCUT2D eigenvalue weighted by Crippen LogP contribution is -2.53. The van der Waals surface area contributed by atoms with Gasteiger partial charge in [0.1, 0.15) is 18.1 Å². The van der Waals surface area contributed by atoms with Gasteiger partial charge >= 0.3 is 6.11 Å². The van der Waals surface area contributed by atoms with Crippen molar-refractivity contribution in [1.29, 1.82) is 0 Å².